The number of hydrogen-bond donors (Lipinski definition) is 0. The molecule has 1 fully saturated rings. The van der Waals surface area contributed by atoms with E-state index in [0.717, 1.165) is 0 Å². The van der Waals surface area contributed by atoms with Crippen LogP contribution in [-0.2, 0) is 9.53 Å². The third kappa shape index (κ3) is 1.19. The van der Waals surface area contributed by atoms with E-state index in [1.807, 2.05) is 0 Å². The fourth-order valence-corrected chi connectivity index (χ4v) is 0.577. The summed E-state index contributed by atoms with van der Waals surface area (Å²) < 4.78 is 4.25. The van der Waals surface area contributed by atoms with Crippen molar-refractivity contribution in [1.29, 1.82) is 0 Å². The Morgan fingerprint density at radius 1 is 1.56 bits per heavy atom. The smallest absolute Gasteiger partial charge is 0.376 e. The van der Waals surface area contributed by atoms with Gasteiger partial charge >= 0.3 is 12.1 Å². The van der Waals surface area contributed by atoms with Crippen LogP contribution >= 0.6 is 0 Å². The van der Waals surface area contributed by atoms with Crippen LogP contribution in [0.4, 0.5) is 4.79 Å². The first-order chi connectivity index (χ1) is 4.20. The molecule has 1 amide bonds. The highest BCUT2D eigenvalue weighted by atomic mass is 16.6. The van der Waals surface area contributed by atoms with Gasteiger partial charge < -0.3 is 9.64 Å². The van der Waals surface area contributed by atoms with E-state index in [2.05, 4.69) is 4.74 Å². The maximum Gasteiger partial charge on any atom is 0.417 e. The lowest BCUT2D eigenvalue weighted by Gasteiger charge is -2.19. The van der Waals surface area contributed by atoms with Crippen molar-refractivity contribution in [2.45, 2.75) is 6.42 Å². The number of amides is 1. The molecule has 1 rings (SSSR count). The molecule has 1 saturated heterocycles. The van der Waals surface area contributed by atoms with Gasteiger partial charge in [0.2, 0.25) is 0 Å². The van der Waals surface area contributed by atoms with Gasteiger partial charge in [0.15, 0.2) is 0 Å². The van der Waals surface area contributed by atoms with E-state index in [-0.39, 0.29) is 0 Å². The summed E-state index contributed by atoms with van der Waals surface area (Å²) in [6.07, 6.45) is -0.242. The van der Waals surface area contributed by atoms with Crippen LogP contribution in [0.5, 0.6) is 0 Å². The first kappa shape index (κ1) is 6.07. The quantitative estimate of drug-likeness (QED) is 0.341. The summed E-state index contributed by atoms with van der Waals surface area (Å²) in [6, 6.07) is 0. The zero-order valence-electron chi connectivity index (χ0n) is 5.09. The molecule has 4 nitrogen and oxygen atoms in total. The molecule has 0 aromatic heterocycles. The van der Waals surface area contributed by atoms with E-state index < -0.39 is 12.1 Å². The van der Waals surface area contributed by atoms with Crippen LogP contribution < -0.4 is 0 Å². The predicted octanol–water partition coefficient (Wildman–Crippen LogP) is -0.0149. The Kier molecular flexibility index (Phi) is 1.38. The summed E-state index contributed by atoms with van der Waals surface area (Å²) in [4.78, 5) is 22.2. The molecular weight excluding hydrogens is 122 g/mol. The van der Waals surface area contributed by atoms with E-state index in [1.165, 1.54) is 4.90 Å². The molecule has 0 bridgehead atoms. The standard InChI is InChI=1S/C5H7NO3/c1-6-3-2-4(7)9-5(6)8/h2-3H2,1H3. The van der Waals surface area contributed by atoms with E-state index >= 15 is 0 Å². The average molecular weight is 129 g/mol. The van der Waals surface area contributed by atoms with E-state index in [9.17, 15) is 9.59 Å². The maximum absolute atomic E-state index is 10.5. The fourth-order valence-electron chi connectivity index (χ4n) is 0.577. The molecule has 9 heavy (non-hydrogen) atoms. The van der Waals surface area contributed by atoms with Crippen molar-refractivity contribution in [2.24, 2.45) is 0 Å². The van der Waals surface area contributed by atoms with Crippen molar-refractivity contribution in [1.82, 2.24) is 4.90 Å². The summed E-state index contributed by atoms with van der Waals surface area (Å²) >= 11 is 0. The minimum absolute atomic E-state index is 0.308. The van der Waals surface area contributed by atoms with Crippen LogP contribution in [0.1, 0.15) is 6.42 Å². The highest BCUT2D eigenvalue weighted by Crippen LogP contribution is 2.01. The van der Waals surface area contributed by atoms with Crippen molar-refractivity contribution in [3.8, 4) is 0 Å². The number of hydrogen-bond acceptors (Lipinski definition) is 3. The van der Waals surface area contributed by atoms with Crippen molar-refractivity contribution in [2.75, 3.05) is 13.6 Å². The Bertz CT molecular complexity index is 154. The van der Waals surface area contributed by atoms with Crippen LogP contribution in [0.15, 0.2) is 0 Å². The molecule has 0 spiro atoms. The Hall–Kier alpha value is -1.06. The topological polar surface area (TPSA) is 46.6 Å². The largest absolute Gasteiger partial charge is 0.417 e. The molecule has 0 aromatic carbocycles. The van der Waals surface area contributed by atoms with Crippen LogP contribution in [0.3, 0.4) is 0 Å². The summed E-state index contributed by atoms with van der Waals surface area (Å²) in [5.41, 5.74) is 0. The second-order valence-electron chi connectivity index (χ2n) is 1.91. The molecule has 1 aliphatic heterocycles. The van der Waals surface area contributed by atoms with Gasteiger partial charge in [-0.1, -0.05) is 0 Å². The monoisotopic (exact) mass is 129 g/mol. The molecule has 0 aliphatic carbocycles. The zero-order valence-corrected chi connectivity index (χ0v) is 5.09. The Morgan fingerprint density at radius 2 is 2.22 bits per heavy atom. The second kappa shape index (κ2) is 2.05. The van der Waals surface area contributed by atoms with Gasteiger partial charge in [0.25, 0.3) is 0 Å². The predicted molar refractivity (Wildman–Crippen MR) is 28.7 cm³/mol. The lowest BCUT2D eigenvalue weighted by molar-refractivity contribution is -0.141. The number of carbonyl (C=O) groups excluding carboxylic acids is 2. The van der Waals surface area contributed by atoms with Gasteiger partial charge in [0, 0.05) is 13.6 Å². The van der Waals surface area contributed by atoms with Crippen molar-refractivity contribution < 1.29 is 14.3 Å². The number of nitrogens with zero attached hydrogens (tertiary/aromatic N) is 1. The van der Waals surface area contributed by atoms with Crippen molar-refractivity contribution in [3.05, 3.63) is 0 Å². The second-order valence-corrected chi connectivity index (χ2v) is 1.91. The number of ether oxygens (including phenoxy) is 1. The molecule has 0 N–H and O–H groups in total. The lowest BCUT2D eigenvalue weighted by Crippen LogP contribution is -2.36. The van der Waals surface area contributed by atoms with Gasteiger partial charge in [0.05, 0.1) is 6.42 Å². The molecule has 50 valence electrons. The van der Waals surface area contributed by atoms with Crippen LogP contribution in [0.2, 0.25) is 0 Å². The molecule has 1 aliphatic rings. The molecule has 1 heterocycles. The number of rotatable bonds is 0. The highest BCUT2D eigenvalue weighted by Gasteiger charge is 2.21. The normalized spacial score (nSPS) is 19.9. The van der Waals surface area contributed by atoms with E-state index in [0.29, 0.717) is 13.0 Å². The minimum Gasteiger partial charge on any atom is -0.376 e. The van der Waals surface area contributed by atoms with Crippen molar-refractivity contribution >= 4 is 12.1 Å². The number of esters is 1. The van der Waals surface area contributed by atoms with E-state index in [4.69, 9.17) is 0 Å². The fraction of sp³-hybridized carbons (Fsp3) is 0.600. The molecule has 0 saturated carbocycles. The van der Waals surface area contributed by atoms with Gasteiger partial charge in [-0.15, -0.1) is 0 Å². The van der Waals surface area contributed by atoms with Crippen LogP contribution in [0.25, 0.3) is 0 Å². The van der Waals surface area contributed by atoms with Crippen LogP contribution in [-0.4, -0.2) is 30.6 Å². The third-order valence-electron chi connectivity index (χ3n) is 1.16. The Labute approximate surface area is 52.4 Å². The van der Waals surface area contributed by atoms with E-state index in [1.54, 1.807) is 7.05 Å². The summed E-state index contributed by atoms with van der Waals surface area (Å²) in [7, 11) is 1.59. The first-order valence-electron chi connectivity index (χ1n) is 2.66. The van der Waals surface area contributed by atoms with Crippen molar-refractivity contribution in [3.63, 3.8) is 0 Å². The molecule has 0 aromatic rings. The van der Waals surface area contributed by atoms with Gasteiger partial charge in [-0.05, 0) is 0 Å². The third-order valence-corrected chi connectivity index (χ3v) is 1.16. The molecule has 0 atom stereocenters. The zero-order chi connectivity index (χ0) is 6.85. The van der Waals surface area contributed by atoms with Gasteiger partial charge in [-0.25, -0.2) is 4.79 Å². The first-order valence-corrected chi connectivity index (χ1v) is 2.66. The maximum atomic E-state index is 10.5. The molecule has 0 unspecified atom stereocenters. The summed E-state index contributed by atoms with van der Waals surface area (Å²) in [5, 5.41) is 0. The molecule has 4 heteroatoms. The number of cyclic esters (lactones) is 2. The number of carbonyl (C=O) groups is 2. The Morgan fingerprint density at radius 3 is 2.67 bits per heavy atom. The highest BCUT2D eigenvalue weighted by molar-refractivity contribution is 5.86. The van der Waals surface area contributed by atoms with Gasteiger partial charge in [-0.3, -0.25) is 4.79 Å². The van der Waals surface area contributed by atoms with Gasteiger partial charge in [0.1, 0.15) is 0 Å². The Balaban J connectivity index is 2.54. The molecule has 0 radical (unpaired) electrons. The van der Waals surface area contributed by atoms with Crippen LogP contribution in [0, 0.1) is 0 Å². The summed E-state index contributed by atoms with van der Waals surface area (Å²) in [6.45, 7) is 0.470. The lowest BCUT2D eigenvalue weighted by atomic mass is 10.4. The SMILES string of the molecule is CN1CCC(=O)OC1=O. The van der Waals surface area contributed by atoms with Gasteiger partial charge in [-0.2, -0.15) is 0 Å². The minimum atomic E-state index is -0.550. The average Bonchev–Trinajstić information content (AvgIpc) is 1.80. The molecular formula is C5H7NO3. The summed E-state index contributed by atoms with van der Waals surface area (Å²) in [5.74, 6) is -0.432.